The van der Waals surface area contributed by atoms with Gasteiger partial charge in [-0.05, 0) is 92.7 Å². The summed E-state index contributed by atoms with van der Waals surface area (Å²) in [7, 11) is 0. The van der Waals surface area contributed by atoms with Crippen LogP contribution in [0.2, 0.25) is 0 Å². The molecule has 244 valence electrons. The number of para-hydroxylation sites is 2. The molecule has 0 bridgehead atoms. The van der Waals surface area contributed by atoms with Crippen molar-refractivity contribution in [1.82, 2.24) is 0 Å². The van der Waals surface area contributed by atoms with E-state index in [1.54, 1.807) is 0 Å². The summed E-state index contributed by atoms with van der Waals surface area (Å²) in [5, 5.41) is 4.73. The molecule has 1 aliphatic heterocycles. The van der Waals surface area contributed by atoms with Crippen LogP contribution in [0.5, 0.6) is 11.5 Å². The quantitative estimate of drug-likeness (QED) is 0.176. The van der Waals surface area contributed by atoms with Gasteiger partial charge in [0.1, 0.15) is 11.5 Å². The highest BCUT2D eigenvalue weighted by molar-refractivity contribution is 6.07. The van der Waals surface area contributed by atoms with Crippen molar-refractivity contribution in [2.45, 2.75) is 0 Å². The topological polar surface area (TPSA) is 12.5 Å². The molecule has 0 unspecified atom stereocenters. The molecule has 52 heavy (non-hydrogen) atoms. The Kier molecular flexibility index (Phi) is 7.18. The van der Waals surface area contributed by atoms with Gasteiger partial charge in [-0.25, -0.2) is 0 Å². The minimum absolute atomic E-state index is 0.893. The smallest absolute Gasteiger partial charge is 0.135 e. The molecule has 2 nitrogen and oxygen atoms in total. The van der Waals surface area contributed by atoms with Crippen LogP contribution in [0.25, 0.3) is 66.1 Å². The Bertz CT molecular complexity index is 2760. The molecule has 1 aliphatic rings. The third-order valence-corrected chi connectivity index (χ3v) is 10.2. The van der Waals surface area contributed by atoms with Crippen molar-refractivity contribution >= 4 is 38.6 Å². The number of anilines is 3. The average molecular weight is 664 g/mol. The Morgan fingerprint density at radius 1 is 0.327 bits per heavy atom. The average Bonchev–Trinajstić information content (AvgIpc) is 3.22. The Balaban J connectivity index is 1.15. The molecule has 0 aliphatic carbocycles. The summed E-state index contributed by atoms with van der Waals surface area (Å²) in [6, 6.07) is 71.8. The zero-order valence-electron chi connectivity index (χ0n) is 28.4. The van der Waals surface area contributed by atoms with E-state index in [4.69, 9.17) is 4.74 Å². The van der Waals surface area contributed by atoms with Crippen LogP contribution in [0.15, 0.2) is 200 Å². The van der Waals surface area contributed by atoms with Gasteiger partial charge in [-0.1, -0.05) is 152 Å². The van der Waals surface area contributed by atoms with E-state index in [0.717, 1.165) is 45.1 Å². The lowest BCUT2D eigenvalue weighted by Crippen LogP contribution is -2.12. The molecule has 1 heterocycles. The number of fused-ring (bicyclic) bond motifs is 3. The van der Waals surface area contributed by atoms with Crippen molar-refractivity contribution in [2.24, 2.45) is 0 Å². The Morgan fingerprint density at radius 2 is 0.942 bits per heavy atom. The molecule has 2 heteroatoms. The van der Waals surface area contributed by atoms with E-state index >= 15 is 0 Å². The highest BCUT2D eigenvalue weighted by Crippen LogP contribution is 2.49. The number of hydrogen-bond donors (Lipinski definition) is 0. The van der Waals surface area contributed by atoms with E-state index < -0.39 is 0 Å². The van der Waals surface area contributed by atoms with Crippen molar-refractivity contribution in [3.05, 3.63) is 200 Å². The molecule has 0 spiro atoms. The molecule has 9 aromatic carbocycles. The third-order valence-electron chi connectivity index (χ3n) is 10.2. The maximum Gasteiger partial charge on any atom is 0.135 e. The van der Waals surface area contributed by atoms with E-state index in [0.29, 0.717) is 0 Å². The lowest BCUT2D eigenvalue weighted by Gasteiger charge is -2.29. The van der Waals surface area contributed by atoms with Gasteiger partial charge in [0, 0.05) is 27.6 Å². The van der Waals surface area contributed by atoms with Crippen LogP contribution in [0.4, 0.5) is 17.1 Å². The number of ether oxygens (including phenoxy) is 1. The number of nitrogens with zero attached hydrogens (tertiary/aromatic N) is 1. The number of rotatable bonds is 6. The molecule has 0 N–H and O–H groups in total. The van der Waals surface area contributed by atoms with Crippen molar-refractivity contribution in [3.63, 3.8) is 0 Å². The molecular weight excluding hydrogens is 631 g/mol. The maximum absolute atomic E-state index is 6.35. The summed E-state index contributed by atoms with van der Waals surface area (Å²) in [6.07, 6.45) is 0. The van der Waals surface area contributed by atoms with Gasteiger partial charge in [-0.15, -0.1) is 0 Å². The molecule has 0 aromatic heterocycles. The summed E-state index contributed by atoms with van der Waals surface area (Å²) in [6.45, 7) is 0. The van der Waals surface area contributed by atoms with Gasteiger partial charge in [-0.2, -0.15) is 0 Å². The minimum Gasteiger partial charge on any atom is -0.456 e. The molecule has 0 radical (unpaired) electrons. The summed E-state index contributed by atoms with van der Waals surface area (Å²) < 4.78 is 6.35. The van der Waals surface area contributed by atoms with E-state index in [2.05, 4.69) is 199 Å². The van der Waals surface area contributed by atoms with Gasteiger partial charge in [0.25, 0.3) is 0 Å². The highest BCUT2D eigenvalue weighted by atomic mass is 16.5. The summed E-state index contributed by atoms with van der Waals surface area (Å²) >= 11 is 0. The van der Waals surface area contributed by atoms with E-state index in [9.17, 15) is 0 Å². The summed E-state index contributed by atoms with van der Waals surface area (Å²) in [5.41, 5.74) is 12.7. The molecular formula is C50H33NO. The second kappa shape index (κ2) is 12.5. The molecule has 0 atom stereocenters. The van der Waals surface area contributed by atoms with E-state index in [1.165, 1.54) is 49.5 Å². The first-order valence-corrected chi connectivity index (χ1v) is 17.8. The van der Waals surface area contributed by atoms with Crippen LogP contribution in [0.1, 0.15) is 0 Å². The first-order valence-electron chi connectivity index (χ1n) is 17.8. The minimum atomic E-state index is 0.893. The predicted octanol–water partition coefficient (Wildman–Crippen LogP) is 14.2. The molecule has 0 saturated heterocycles. The van der Waals surface area contributed by atoms with Gasteiger partial charge in [-0.3, -0.25) is 0 Å². The zero-order chi connectivity index (χ0) is 34.4. The Hall–Kier alpha value is -6.90. The van der Waals surface area contributed by atoms with Crippen molar-refractivity contribution in [1.29, 1.82) is 0 Å². The molecule has 10 rings (SSSR count). The lowest BCUT2D eigenvalue weighted by molar-refractivity contribution is 0.487. The molecule has 0 amide bonds. The summed E-state index contributed by atoms with van der Waals surface area (Å²) in [5.74, 6) is 1.80. The normalized spacial score (nSPS) is 11.6. The van der Waals surface area contributed by atoms with Gasteiger partial charge in [0.2, 0.25) is 0 Å². The third kappa shape index (κ3) is 5.12. The Labute approximate surface area is 303 Å². The van der Waals surface area contributed by atoms with E-state index in [-0.39, 0.29) is 0 Å². The van der Waals surface area contributed by atoms with Crippen LogP contribution in [-0.2, 0) is 0 Å². The van der Waals surface area contributed by atoms with Crippen LogP contribution in [-0.4, -0.2) is 0 Å². The molecule has 0 saturated carbocycles. The van der Waals surface area contributed by atoms with Crippen molar-refractivity contribution in [2.75, 3.05) is 4.90 Å². The molecule has 9 aromatic rings. The molecule has 0 fully saturated rings. The fourth-order valence-corrected chi connectivity index (χ4v) is 7.78. The fourth-order valence-electron chi connectivity index (χ4n) is 7.78. The monoisotopic (exact) mass is 663 g/mol. The van der Waals surface area contributed by atoms with Gasteiger partial charge >= 0.3 is 0 Å². The number of hydrogen-bond acceptors (Lipinski definition) is 2. The first-order chi connectivity index (χ1) is 25.8. The highest BCUT2D eigenvalue weighted by Gasteiger charge is 2.22. The van der Waals surface area contributed by atoms with Gasteiger partial charge in [0.15, 0.2) is 0 Å². The van der Waals surface area contributed by atoms with Gasteiger partial charge in [0.05, 0.1) is 11.4 Å². The predicted molar refractivity (Wildman–Crippen MR) is 218 cm³/mol. The second-order valence-electron chi connectivity index (χ2n) is 13.3. The van der Waals surface area contributed by atoms with Crippen LogP contribution >= 0.6 is 0 Å². The van der Waals surface area contributed by atoms with Gasteiger partial charge < -0.3 is 9.64 Å². The largest absolute Gasteiger partial charge is 0.456 e. The van der Waals surface area contributed by atoms with Crippen LogP contribution in [0.3, 0.4) is 0 Å². The van der Waals surface area contributed by atoms with Crippen LogP contribution in [0, 0.1) is 0 Å². The maximum atomic E-state index is 6.35. The van der Waals surface area contributed by atoms with Crippen LogP contribution < -0.4 is 9.64 Å². The SMILES string of the molecule is c1ccc(-c2ccc(-c3ccccc3N(c3cccc(-c4cc5c6c(cccc6c4)Oc4ccccc4-5)c3)c3cccc4ccccc34)cc2)cc1. The Morgan fingerprint density at radius 3 is 1.85 bits per heavy atom. The zero-order valence-corrected chi connectivity index (χ0v) is 28.4. The van der Waals surface area contributed by atoms with E-state index in [1.807, 2.05) is 6.07 Å². The first kappa shape index (κ1) is 30.0. The van der Waals surface area contributed by atoms with Crippen molar-refractivity contribution < 1.29 is 4.74 Å². The number of benzene rings is 9. The lowest BCUT2D eigenvalue weighted by atomic mass is 9.90. The van der Waals surface area contributed by atoms with Crippen molar-refractivity contribution in [3.8, 4) is 56.0 Å². The fraction of sp³-hybridized carbons (Fsp3) is 0. The second-order valence-corrected chi connectivity index (χ2v) is 13.3. The standard InChI is InChI=1S/C50H33NO/c1-2-13-34(14-3-1)35-27-29-37(30-28-35)43-21-6-8-23-46(43)51(47-24-11-16-36-15-4-5-20-42(36)47)41-19-10-17-38(32-41)40-31-39-18-12-26-49-50(39)45(33-40)44-22-7-9-25-48(44)52-49/h1-33H. The summed E-state index contributed by atoms with van der Waals surface area (Å²) in [4.78, 5) is 2.43.